The summed E-state index contributed by atoms with van der Waals surface area (Å²) in [4.78, 5) is 0. The van der Waals surface area contributed by atoms with Crippen molar-refractivity contribution in [1.29, 1.82) is 0 Å². The second-order valence-electron chi connectivity index (χ2n) is 2.24. The van der Waals surface area contributed by atoms with Crippen LogP contribution in [0.2, 0.25) is 0 Å². The molecule has 11 heavy (non-hydrogen) atoms. The van der Waals surface area contributed by atoms with Crippen molar-refractivity contribution in [3.63, 3.8) is 0 Å². The molecule has 0 aromatic heterocycles. The van der Waals surface area contributed by atoms with Crippen LogP contribution in [0.4, 0.5) is 0 Å². The molecule has 0 amide bonds. The Morgan fingerprint density at radius 3 is 2.64 bits per heavy atom. The molecule has 0 spiro atoms. The molecule has 0 atom stereocenters. The first-order chi connectivity index (χ1) is 5.13. The monoisotopic (exact) mass is 230 g/mol. The minimum Gasteiger partial charge on any atom is -0.498 e. The lowest BCUT2D eigenvalue weighted by Gasteiger charge is -2.02. The molecule has 0 saturated carbocycles. The van der Waals surface area contributed by atoms with Gasteiger partial charge in [0.1, 0.15) is 0 Å². The van der Waals surface area contributed by atoms with E-state index in [1.54, 1.807) is 6.07 Å². The van der Waals surface area contributed by atoms with Gasteiger partial charge in [0.05, 0.1) is 0 Å². The fourth-order valence-electron chi connectivity index (χ4n) is 0.813. The molecule has 0 fully saturated rings. The average Bonchev–Trinajstić information content (AvgIpc) is 1.94. The SMILES string of the molecule is Cc1cccc(C(O)=S)c1Br. The van der Waals surface area contributed by atoms with E-state index in [1.165, 1.54) is 0 Å². The van der Waals surface area contributed by atoms with Crippen LogP contribution in [0.5, 0.6) is 0 Å². The molecule has 1 nitrogen and oxygen atoms in total. The normalized spacial score (nSPS) is 9.64. The number of halogens is 1. The molecule has 1 N–H and O–H groups in total. The largest absolute Gasteiger partial charge is 0.498 e. The van der Waals surface area contributed by atoms with Crippen LogP contribution >= 0.6 is 28.1 Å². The Hall–Kier alpha value is -0.410. The maximum absolute atomic E-state index is 9.03. The number of thiocarbonyl (C=S) groups is 1. The maximum Gasteiger partial charge on any atom is 0.189 e. The summed E-state index contributed by atoms with van der Waals surface area (Å²) in [6, 6.07) is 5.59. The van der Waals surface area contributed by atoms with Gasteiger partial charge in [-0.2, -0.15) is 0 Å². The summed E-state index contributed by atoms with van der Waals surface area (Å²) in [5.41, 5.74) is 1.75. The second kappa shape index (κ2) is 3.32. The Labute approximate surface area is 79.2 Å². The van der Waals surface area contributed by atoms with Crippen LogP contribution in [0.1, 0.15) is 11.1 Å². The van der Waals surface area contributed by atoms with Gasteiger partial charge >= 0.3 is 0 Å². The Kier molecular flexibility index (Phi) is 2.62. The Morgan fingerprint density at radius 1 is 1.55 bits per heavy atom. The van der Waals surface area contributed by atoms with Gasteiger partial charge in [0, 0.05) is 10.0 Å². The van der Waals surface area contributed by atoms with Crippen LogP contribution in [0.15, 0.2) is 22.7 Å². The lowest BCUT2D eigenvalue weighted by atomic mass is 10.1. The van der Waals surface area contributed by atoms with E-state index in [0.717, 1.165) is 10.0 Å². The summed E-state index contributed by atoms with van der Waals surface area (Å²) in [7, 11) is 0. The molecule has 0 radical (unpaired) electrons. The highest BCUT2D eigenvalue weighted by atomic mass is 79.9. The Bertz CT molecular complexity index is 296. The third-order valence-corrected chi connectivity index (χ3v) is 2.69. The van der Waals surface area contributed by atoms with E-state index >= 15 is 0 Å². The Balaban J connectivity index is 3.27. The first kappa shape index (κ1) is 8.68. The van der Waals surface area contributed by atoms with Gasteiger partial charge in [0.15, 0.2) is 5.05 Å². The molecule has 0 saturated heterocycles. The smallest absolute Gasteiger partial charge is 0.189 e. The van der Waals surface area contributed by atoms with E-state index < -0.39 is 0 Å². The lowest BCUT2D eigenvalue weighted by molar-refractivity contribution is 0.570. The van der Waals surface area contributed by atoms with E-state index in [-0.39, 0.29) is 5.05 Å². The fraction of sp³-hybridized carbons (Fsp3) is 0.125. The second-order valence-corrected chi connectivity index (χ2v) is 3.42. The summed E-state index contributed by atoms with van der Waals surface area (Å²) in [5, 5.41) is 8.96. The number of hydrogen-bond donors (Lipinski definition) is 1. The zero-order chi connectivity index (χ0) is 8.43. The summed E-state index contributed by atoms with van der Waals surface area (Å²) < 4.78 is 0.868. The minimum absolute atomic E-state index is 0.0689. The number of rotatable bonds is 1. The fourth-order valence-corrected chi connectivity index (χ4v) is 1.57. The van der Waals surface area contributed by atoms with Gasteiger partial charge in [0.2, 0.25) is 0 Å². The predicted molar refractivity (Wildman–Crippen MR) is 53.2 cm³/mol. The first-order valence-electron chi connectivity index (χ1n) is 3.11. The molecular weight excluding hydrogens is 224 g/mol. The van der Waals surface area contributed by atoms with Gasteiger partial charge < -0.3 is 5.11 Å². The van der Waals surface area contributed by atoms with Gasteiger partial charge in [-0.05, 0) is 46.7 Å². The molecule has 0 aliphatic rings. The molecule has 0 unspecified atom stereocenters. The summed E-state index contributed by atoms with van der Waals surface area (Å²) >= 11 is 7.97. The van der Waals surface area contributed by atoms with Crippen molar-refractivity contribution >= 4 is 33.2 Å². The maximum atomic E-state index is 9.03. The van der Waals surface area contributed by atoms with Crippen LogP contribution in [-0.2, 0) is 0 Å². The van der Waals surface area contributed by atoms with Gasteiger partial charge in [-0.25, -0.2) is 0 Å². The van der Waals surface area contributed by atoms with Gasteiger partial charge in [-0.3, -0.25) is 0 Å². The number of aliphatic hydroxyl groups is 1. The molecule has 1 aromatic rings. The molecule has 3 heteroatoms. The molecule has 0 heterocycles. The minimum atomic E-state index is -0.0689. The highest BCUT2D eigenvalue weighted by Crippen LogP contribution is 2.20. The summed E-state index contributed by atoms with van der Waals surface area (Å²) in [6.45, 7) is 1.95. The van der Waals surface area contributed by atoms with Crippen LogP contribution in [0.25, 0.3) is 0 Å². The number of aliphatic hydroxyl groups excluding tert-OH is 1. The quantitative estimate of drug-likeness (QED) is 0.749. The number of benzene rings is 1. The van der Waals surface area contributed by atoms with Crippen molar-refractivity contribution in [2.45, 2.75) is 6.92 Å². The van der Waals surface area contributed by atoms with Crippen LogP contribution in [0, 0.1) is 6.92 Å². The Morgan fingerprint density at radius 2 is 2.18 bits per heavy atom. The average molecular weight is 231 g/mol. The van der Waals surface area contributed by atoms with Gasteiger partial charge in [-0.1, -0.05) is 12.1 Å². The lowest BCUT2D eigenvalue weighted by Crippen LogP contribution is -1.96. The van der Waals surface area contributed by atoms with E-state index in [4.69, 9.17) is 5.11 Å². The standard InChI is InChI=1S/C8H7BrOS/c1-5-3-2-4-6(7(5)9)8(10)11/h2-4H,1H3,(H,10,11). The topological polar surface area (TPSA) is 20.2 Å². The van der Waals surface area contributed by atoms with E-state index in [2.05, 4.69) is 28.1 Å². The zero-order valence-electron chi connectivity index (χ0n) is 5.97. The van der Waals surface area contributed by atoms with Crippen molar-refractivity contribution < 1.29 is 5.11 Å². The highest BCUT2D eigenvalue weighted by molar-refractivity contribution is 9.10. The predicted octanol–water partition coefficient (Wildman–Crippen LogP) is 2.99. The third-order valence-electron chi connectivity index (χ3n) is 1.42. The third kappa shape index (κ3) is 1.79. The van der Waals surface area contributed by atoms with Gasteiger partial charge in [-0.15, -0.1) is 0 Å². The zero-order valence-corrected chi connectivity index (χ0v) is 8.37. The summed E-state index contributed by atoms with van der Waals surface area (Å²) in [6.07, 6.45) is 0. The molecule has 1 aromatic carbocycles. The molecule has 0 aliphatic heterocycles. The van der Waals surface area contributed by atoms with Crippen molar-refractivity contribution in [2.75, 3.05) is 0 Å². The van der Waals surface area contributed by atoms with Crippen LogP contribution in [-0.4, -0.2) is 10.2 Å². The van der Waals surface area contributed by atoms with E-state index in [0.29, 0.717) is 5.56 Å². The van der Waals surface area contributed by atoms with Crippen molar-refractivity contribution in [1.82, 2.24) is 0 Å². The van der Waals surface area contributed by atoms with Gasteiger partial charge in [0.25, 0.3) is 0 Å². The molecule has 58 valence electrons. The number of aryl methyl sites for hydroxylation is 1. The van der Waals surface area contributed by atoms with Crippen molar-refractivity contribution in [3.8, 4) is 0 Å². The number of hydrogen-bond acceptors (Lipinski definition) is 1. The van der Waals surface area contributed by atoms with Crippen LogP contribution < -0.4 is 0 Å². The van der Waals surface area contributed by atoms with Crippen LogP contribution in [0.3, 0.4) is 0 Å². The van der Waals surface area contributed by atoms with Crippen molar-refractivity contribution in [2.24, 2.45) is 0 Å². The van der Waals surface area contributed by atoms with E-state index in [1.807, 2.05) is 19.1 Å². The van der Waals surface area contributed by atoms with Crippen molar-refractivity contribution in [3.05, 3.63) is 33.8 Å². The molecular formula is C8H7BrOS. The molecule has 0 aliphatic carbocycles. The van der Waals surface area contributed by atoms with E-state index in [9.17, 15) is 0 Å². The first-order valence-corrected chi connectivity index (χ1v) is 4.31. The molecule has 0 bridgehead atoms. The summed E-state index contributed by atoms with van der Waals surface area (Å²) in [5.74, 6) is 0. The molecule has 1 rings (SSSR count). The highest BCUT2D eigenvalue weighted by Gasteiger charge is 2.04.